The predicted molar refractivity (Wildman–Crippen MR) is 94.8 cm³/mol. The van der Waals surface area contributed by atoms with Gasteiger partial charge in [0.15, 0.2) is 0 Å². The Bertz CT molecular complexity index is 895. The van der Waals surface area contributed by atoms with Gasteiger partial charge in [0.1, 0.15) is 0 Å². The van der Waals surface area contributed by atoms with Crippen molar-refractivity contribution >= 4 is 11.6 Å². The smallest absolute Gasteiger partial charge is 0.258 e. The summed E-state index contributed by atoms with van der Waals surface area (Å²) in [4.78, 5) is 14.8. The van der Waals surface area contributed by atoms with Crippen LogP contribution in [-0.4, -0.2) is 22.2 Å². The number of aromatic nitrogens is 2. The number of fused-ring (bicyclic) bond motifs is 1. The van der Waals surface area contributed by atoms with E-state index in [1.54, 1.807) is 0 Å². The van der Waals surface area contributed by atoms with E-state index in [2.05, 4.69) is 18.1 Å². The lowest BCUT2D eigenvalue weighted by Crippen LogP contribution is -2.29. The van der Waals surface area contributed by atoms with Crippen molar-refractivity contribution < 1.29 is 4.79 Å². The minimum atomic E-state index is 0.0509. The van der Waals surface area contributed by atoms with Gasteiger partial charge < -0.3 is 4.90 Å². The molecule has 1 aliphatic rings. The zero-order chi connectivity index (χ0) is 16.7. The first-order chi connectivity index (χ1) is 11.6. The number of nitrogens with zero attached hydrogens (tertiary/aromatic N) is 3. The average Bonchev–Trinajstić information content (AvgIpc) is 3.19. The highest BCUT2D eigenvalue weighted by Gasteiger charge is 2.29. The first-order valence-electron chi connectivity index (χ1n) is 8.16. The molecule has 0 bridgehead atoms. The molecular formula is C20H19N3O. The summed E-state index contributed by atoms with van der Waals surface area (Å²) >= 11 is 0. The topological polar surface area (TPSA) is 38.1 Å². The second-order valence-corrected chi connectivity index (χ2v) is 6.38. The van der Waals surface area contributed by atoms with Gasteiger partial charge in [-0.2, -0.15) is 5.10 Å². The first kappa shape index (κ1) is 14.7. The number of rotatable bonds is 2. The molecule has 1 aliphatic heterocycles. The van der Waals surface area contributed by atoms with Crippen LogP contribution >= 0.6 is 0 Å². The molecule has 0 aliphatic carbocycles. The molecule has 2 heterocycles. The third kappa shape index (κ3) is 2.40. The minimum absolute atomic E-state index is 0.0509. The maximum Gasteiger partial charge on any atom is 0.258 e. The third-order valence-electron chi connectivity index (χ3n) is 4.55. The standard InChI is InChI=1S/C20H19N3O/c1-14-11-21-23(12-14)17-9-7-16(8-10-17)20(24)22-13-15(2)18-5-3-4-6-19(18)22/h3-12,15H,13H2,1-2H3. The van der Waals surface area contributed by atoms with Crippen LogP contribution in [0.15, 0.2) is 60.9 Å². The summed E-state index contributed by atoms with van der Waals surface area (Å²) < 4.78 is 1.82. The average molecular weight is 317 g/mol. The summed E-state index contributed by atoms with van der Waals surface area (Å²) in [6.07, 6.45) is 3.79. The monoisotopic (exact) mass is 317 g/mol. The van der Waals surface area contributed by atoms with Crippen molar-refractivity contribution in [3.63, 3.8) is 0 Å². The molecule has 2 aromatic carbocycles. The molecule has 1 unspecified atom stereocenters. The van der Waals surface area contributed by atoms with E-state index in [4.69, 9.17) is 0 Å². The van der Waals surface area contributed by atoms with Crippen molar-refractivity contribution in [1.29, 1.82) is 0 Å². The fourth-order valence-electron chi connectivity index (χ4n) is 3.28. The summed E-state index contributed by atoms with van der Waals surface area (Å²) in [5.74, 6) is 0.423. The number of amides is 1. The second-order valence-electron chi connectivity index (χ2n) is 6.38. The van der Waals surface area contributed by atoms with Crippen LogP contribution in [0, 0.1) is 6.92 Å². The van der Waals surface area contributed by atoms with Crippen LogP contribution in [0.2, 0.25) is 0 Å². The van der Waals surface area contributed by atoms with Gasteiger partial charge >= 0.3 is 0 Å². The van der Waals surface area contributed by atoms with Crippen LogP contribution < -0.4 is 4.90 Å². The van der Waals surface area contributed by atoms with Crippen molar-refractivity contribution in [3.8, 4) is 5.69 Å². The Morgan fingerprint density at radius 3 is 2.58 bits per heavy atom. The molecular weight excluding hydrogens is 298 g/mol. The van der Waals surface area contributed by atoms with Gasteiger partial charge in [-0.25, -0.2) is 4.68 Å². The molecule has 24 heavy (non-hydrogen) atoms. The van der Waals surface area contributed by atoms with Crippen molar-refractivity contribution in [2.75, 3.05) is 11.4 Å². The van der Waals surface area contributed by atoms with Crippen LogP contribution in [-0.2, 0) is 0 Å². The number of carbonyl (C=O) groups is 1. The van der Waals surface area contributed by atoms with Gasteiger partial charge in [0.05, 0.1) is 11.9 Å². The van der Waals surface area contributed by atoms with E-state index in [0.717, 1.165) is 23.5 Å². The van der Waals surface area contributed by atoms with Crippen LogP contribution in [0.1, 0.15) is 34.3 Å². The fraction of sp³-hybridized carbons (Fsp3) is 0.200. The summed E-state index contributed by atoms with van der Waals surface area (Å²) in [5, 5.41) is 4.30. The van der Waals surface area contributed by atoms with E-state index >= 15 is 0 Å². The van der Waals surface area contributed by atoms with Crippen LogP contribution in [0.25, 0.3) is 5.69 Å². The van der Waals surface area contributed by atoms with E-state index < -0.39 is 0 Å². The molecule has 4 rings (SSSR count). The molecule has 1 amide bonds. The normalized spacial score (nSPS) is 16.2. The molecule has 3 aromatic rings. The van der Waals surface area contributed by atoms with Gasteiger partial charge in [0, 0.05) is 29.9 Å². The molecule has 1 atom stereocenters. The summed E-state index contributed by atoms with van der Waals surface area (Å²) in [7, 11) is 0. The van der Waals surface area contributed by atoms with E-state index in [-0.39, 0.29) is 5.91 Å². The predicted octanol–water partition coefficient (Wildman–Crippen LogP) is 3.94. The molecule has 1 aromatic heterocycles. The maximum atomic E-state index is 12.9. The molecule has 0 saturated carbocycles. The zero-order valence-corrected chi connectivity index (χ0v) is 13.8. The Labute approximate surface area is 141 Å². The number of hydrogen-bond acceptors (Lipinski definition) is 2. The number of carbonyl (C=O) groups excluding carboxylic acids is 1. The number of hydrogen-bond donors (Lipinski definition) is 0. The molecule has 0 radical (unpaired) electrons. The zero-order valence-electron chi connectivity index (χ0n) is 13.8. The maximum absolute atomic E-state index is 12.9. The van der Waals surface area contributed by atoms with Crippen molar-refractivity contribution in [2.24, 2.45) is 0 Å². The van der Waals surface area contributed by atoms with Crippen LogP contribution in [0.5, 0.6) is 0 Å². The van der Waals surface area contributed by atoms with Gasteiger partial charge in [-0.15, -0.1) is 0 Å². The highest BCUT2D eigenvalue weighted by molar-refractivity contribution is 6.07. The van der Waals surface area contributed by atoms with Gasteiger partial charge in [-0.05, 0) is 48.4 Å². The van der Waals surface area contributed by atoms with Crippen molar-refractivity contribution in [2.45, 2.75) is 19.8 Å². The van der Waals surface area contributed by atoms with Gasteiger partial charge in [-0.1, -0.05) is 25.1 Å². The van der Waals surface area contributed by atoms with E-state index in [1.807, 2.05) is 71.4 Å². The lowest BCUT2D eigenvalue weighted by Gasteiger charge is -2.17. The molecule has 0 fully saturated rings. The highest BCUT2D eigenvalue weighted by atomic mass is 16.2. The Morgan fingerprint density at radius 1 is 1.12 bits per heavy atom. The number of benzene rings is 2. The van der Waals surface area contributed by atoms with E-state index in [0.29, 0.717) is 11.5 Å². The Morgan fingerprint density at radius 2 is 1.88 bits per heavy atom. The Balaban J connectivity index is 1.62. The SMILES string of the molecule is Cc1cnn(-c2ccc(C(=O)N3CC(C)c4ccccc43)cc2)c1. The molecule has 4 nitrogen and oxygen atoms in total. The Hall–Kier alpha value is -2.88. The lowest BCUT2D eigenvalue weighted by atomic mass is 10.0. The molecule has 4 heteroatoms. The van der Waals surface area contributed by atoms with E-state index in [9.17, 15) is 4.79 Å². The Kier molecular flexibility index (Phi) is 3.45. The molecule has 0 saturated heterocycles. The quantitative estimate of drug-likeness (QED) is 0.718. The molecule has 0 spiro atoms. The second kappa shape index (κ2) is 5.64. The largest absolute Gasteiger partial charge is 0.307 e. The van der Waals surface area contributed by atoms with Crippen LogP contribution in [0.3, 0.4) is 0 Å². The summed E-state index contributed by atoms with van der Waals surface area (Å²) in [5.41, 5.74) is 5.04. The lowest BCUT2D eigenvalue weighted by molar-refractivity contribution is 0.0988. The minimum Gasteiger partial charge on any atom is -0.307 e. The molecule has 0 N–H and O–H groups in total. The summed E-state index contributed by atoms with van der Waals surface area (Å²) in [6, 6.07) is 15.8. The van der Waals surface area contributed by atoms with Crippen molar-refractivity contribution in [3.05, 3.63) is 77.6 Å². The number of anilines is 1. The number of aryl methyl sites for hydroxylation is 1. The number of para-hydroxylation sites is 1. The highest BCUT2D eigenvalue weighted by Crippen LogP contribution is 2.36. The van der Waals surface area contributed by atoms with Crippen LogP contribution in [0.4, 0.5) is 5.69 Å². The third-order valence-corrected chi connectivity index (χ3v) is 4.55. The van der Waals surface area contributed by atoms with Gasteiger partial charge in [0.25, 0.3) is 5.91 Å². The molecule has 120 valence electrons. The van der Waals surface area contributed by atoms with Gasteiger partial charge in [0.2, 0.25) is 0 Å². The van der Waals surface area contributed by atoms with Crippen molar-refractivity contribution in [1.82, 2.24) is 9.78 Å². The van der Waals surface area contributed by atoms with Gasteiger partial charge in [-0.3, -0.25) is 4.79 Å². The fourth-order valence-corrected chi connectivity index (χ4v) is 3.28. The summed E-state index contributed by atoms with van der Waals surface area (Å²) in [6.45, 7) is 4.90. The van der Waals surface area contributed by atoms with E-state index in [1.165, 1.54) is 5.56 Å². The first-order valence-corrected chi connectivity index (χ1v) is 8.16.